The van der Waals surface area contributed by atoms with Crippen molar-refractivity contribution >= 4 is 5.97 Å². The van der Waals surface area contributed by atoms with E-state index in [1.807, 2.05) is 26.0 Å². The monoisotopic (exact) mass is 250 g/mol. The van der Waals surface area contributed by atoms with Crippen LogP contribution in [0, 0.1) is 0 Å². The number of carbonyl (C=O) groups is 1. The van der Waals surface area contributed by atoms with Crippen molar-refractivity contribution in [2.45, 2.75) is 53.9 Å². The van der Waals surface area contributed by atoms with Crippen LogP contribution in [0.5, 0.6) is 0 Å². The van der Waals surface area contributed by atoms with E-state index in [4.69, 9.17) is 4.74 Å². The quantitative estimate of drug-likeness (QED) is 0.488. The van der Waals surface area contributed by atoms with Gasteiger partial charge in [-0.1, -0.05) is 28.9 Å². The lowest BCUT2D eigenvalue weighted by Gasteiger charge is -2.02. The van der Waals surface area contributed by atoms with Gasteiger partial charge in [-0.2, -0.15) is 0 Å². The molecule has 0 aliphatic rings. The summed E-state index contributed by atoms with van der Waals surface area (Å²) in [6.07, 6.45) is 8.53. The van der Waals surface area contributed by atoms with E-state index in [2.05, 4.69) is 26.8 Å². The number of allylic oxidation sites excluding steroid dienone is 4. The Hall–Kier alpha value is -1.31. The first-order valence-corrected chi connectivity index (χ1v) is 6.49. The highest BCUT2D eigenvalue weighted by molar-refractivity contribution is 5.71. The van der Waals surface area contributed by atoms with Crippen LogP contribution in [-0.4, -0.2) is 12.6 Å². The molecule has 102 valence electrons. The van der Waals surface area contributed by atoms with Crippen molar-refractivity contribution in [2.24, 2.45) is 0 Å². The molecule has 0 saturated carbocycles. The van der Waals surface area contributed by atoms with Gasteiger partial charge in [-0.05, 0) is 53.5 Å². The zero-order chi connectivity index (χ0) is 14.0. The van der Waals surface area contributed by atoms with E-state index in [-0.39, 0.29) is 5.97 Å². The third-order valence-corrected chi connectivity index (χ3v) is 2.44. The number of carbonyl (C=O) groups excluding carboxylic acids is 1. The maximum absolute atomic E-state index is 11.3. The normalized spacial score (nSPS) is 10.8. The summed E-state index contributed by atoms with van der Waals surface area (Å²) in [5.74, 6) is -0.162. The molecule has 0 spiro atoms. The second-order valence-corrected chi connectivity index (χ2v) is 5.04. The summed E-state index contributed by atoms with van der Waals surface area (Å²) in [6, 6.07) is 0. The smallest absolute Gasteiger partial charge is 0.309 e. The first-order valence-electron chi connectivity index (χ1n) is 6.49. The van der Waals surface area contributed by atoms with Gasteiger partial charge in [0.25, 0.3) is 0 Å². The Morgan fingerprint density at radius 1 is 0.944 bits per heavy atom. The molecule has 18 heavy (non-hydrogen) atoms. The molecule has 0 atom stereocenters. The highest BCUT2D eigenvalue weighted by Crippen LogP contribution is 2.06. The van der Waals surface area contributed by atoms with E-state index in [0.717, 1.165) is 18.4 Å². The van der Waals surface area contributed by atoms with E-state index in [9.17, 15) is 4.79 Å². The third kappa shape index (κ3) is 11.2. The first-order chi connectivity index (χ1) is 8.41. The molecular formula is C16H26O2. The van der Waals surface area contributed by atoms with Crippen LogP contribution in [0.25, 0.3) is 0 Å². The van der Waals surface area contributed by atoms with Crippen molar-refractivity contribution in [1.82, 2.24) is 0 Å². The Labute approximate surface area is 111 Å². The lowest BCUT2D eigenvalue weighted by Crippen LogP contribution is -2.03. The SMILES string of the molecule is CC(C)=CCC/C(C)=C/COC(=O)CC=C(C)C. The lowest BCUT2D eigenvalue weighted by molar-refractivity contribution is -0.141. The van der Waals surface area contributed by atoms with Crippen LogP contribution < -0.4 is 0 Å². The van der Waals surface area contributed by atoms with Gasteiger partial charge in [0.1, 0.15) is 6.61 Å². The predicted molar refractivity (Wildman–Crippen MR) is 77.4 cm³/mol. The van der Waals surface area contributed by atoms with Gasteiger partial charge in [0, 0.05) is 0 Å². The van der Waals surface area contributed by atoms with Gasteiger partial charge in [0.05, 0.1) is 6.42 Å². The van der Waals surface area contributed by atoms with Crippen molar-refractivity contribution in [3.63, 3.8) is 0 Å². The summed E-state index contributed by atoms with van der Waals surface area (Å²) in [6.45, 7) is 10.6. The first kappa shape index (κ1) is 16.7. The standard InChI is InChI=1S/C16H26O2/c1-13(2)7-6-8-15(5)11-12-18-16(17)10-9-14(3)4/h7,9,11H,6,8,10,12H2,1-5H3/b15-11+. The predicted octanol–water partition coefficient (Wildman–Crippen LogP) is 4.58. The summed E-state index contributed by atoms with van der Waals surface area (Å²) in [5.41, 5.74) is 3.75. The van der Waals surface area contributed by atoms with Crippen molar-refractivity contribution in [3.8, 4) is 0 Å². The minimum Gasteiger partial charge on any atom is -0.461 e. The van der Waals surface area contributed by atoms with Crippen molar-refractivity contribution in [2.75, 3.05) is 6.61 Å². The molecule has 0 rings (SSSR count). The average molecular weight is 250 g/mol. The molecular weight excluding hydrogens is 224 g/mol. The Kier molecular flexibility index (Phi) is 8.99. The van der Waals surface area contributed by atoms with Crippen molar-refractivity contribution < 1.29 is 9.53 Å². The molecule has 2 heteroatoms. The Balaban J connectivity index is 3.83. The zero-order valence-electron chi connectivity index (χ0n) is 12.4. The summed E-state index contributed by atoms with van der Waals surface area (Å²) in [5, 5.41) is 0. The number of esters is 1. The van der Waals surface area contributed by atoms with Crippen molar-refractivity contribution in [3.05, 3.63) is 34.9 Å². The van der Waals surface area contributed by atoms with E-state index < -0.39 is 0 Å². The molecule has 0 fully saturated rings. The Morgan fingerprint density at radius 3 is 2.11 bits per heavy atom. The van der Waals surface area contributed by atoms with Gasteiger partial charge >= 0.3 is 5.97 Å². The topological polar surface area (TPSA) is 26.3 Å². The lowest BCUT2D eigenvalue weighted by atomic mass is 10.1. The van der Waals surface area contributed by atoms with Gasteiger partial charge in [0.15, 0.2) is 0 Å². The van der Waals surface area contributed by atoms with Crippen LogP contribution >= 0.6 is 0 Å². The number of ether oxygens (including phenoxy) is 1. The minimum absolute atomic E-state index is 0.162. The van der Waals surface area contributed by atoms with Gasteiger partial charge in [-0.3, -0.25) is 4.79 Å². The molecule has 0 heterocycles. The zero-order valence-corrected chi connectivity index (χ0v) is 12.4. The summed E-state index contributed by atoms with van der Waals surface area (Å²) in [4.78, 5) is 11.3. The van der Waals surface area contributed by atoms with Crippen LogP contribution in [0.3, 0.4) is 0 Å². The van der Waals surface area contributed by atoms with E-state index in [1.54, 1.807) is 0 Å². The van der Waals surface area contributed by atoms with Crippen LogP contribution in [-0.2, 0) is 9.53 Å². The number of hydrogen-bond donors (Lipinski definition) is 0. The van der Waals surface area contributed by atoms with Crippen LogP contribution in [0.4, 0.5) is 0 Å². The molecule has 0 aromatic rings. The molecule has 0 aromatic heterocycles. The second-order valence-electron chi connectivity index (χ2n) is 5.04. The van der Waals surface area contributed by atoms with Gasteiger partial charge in [0.2, 0.25) is 0 Å². The molecule has 0 amide bonds. The summed E-state index contributed by atoms with van der Waals surface area (Å²) >= 11 is 0. The van der Waals surface area contributed by atoms with Crippen molar-refractivity contribution in [1.29, 1.82) is 0 Å². The maximum Gasteiger partial charge on any atom is 0.309 e. The van der Waals surface area contributed by atoms with Crippen LogP contribution in [0.2, 0.25) is 0 Å². The Morgan fingerprint density at radius 2 is 1.56 bits per heavy atom. The van der Waals surface area contributed by atoms with E-state index >= 15 is 0 Å². The summed E-state index contributed by atoms with van der Waals surface area (Å²) in [7, 11) is 0. The molecule has 0 saturated heterocycles. The molecule has 0 aromatic carbocycles. The van der Waals surface area contributed by atoms with E-state index in [0.29, 0.717) is 13.0 Å². The second kappa shape index (κ2) is 9.69. The van der Waals surface area contributed by atoms with Crippen LogP contribution in [0.1, 0.15) is 53.9 Å². The maximum atomic E-state index is 11.3. The fourth-order valence-corrected chi connectivity index (χ4v) is 1.31. The average Bonchev–Trinajstić information content (AvgIpc) is 2.25. The van der Waals surface area contributed by atoms with E-state index in [1.165, 1.54) is 11.1 Å². The molecule has 0 unspecified atom stereocenters. The molecule has 0 radical (unpaired) electrons. The van der Waals surface area contributed by atoms with Gasteiger partial charge < -0.3 is 4.74 Å². The minimum atomic E-state index is -0.162. The third-order valence-electron chi connectivity index (χ3n) is 2.44. The molecule has 0 aliphatic carbocycles. The van der Waals surface area contributed by atoms with Crippen LogP contribution in [0.15, 0.2) is 34.9 Å². The highest BCUT2D eigenvalue weighted by Gasteiger charge is 1.98. The molecule has 0 aliphatic heterocycles. The molecule has 2 nitrogen and oxygen atoms in total. The fourth-order valence-electron chi connectivity index (χ4n) is 1.31. The fraction of sp³-hybridized carbons (Fsp3) is 0.562. The largest absolute Gasteiger partial charge is 0.461 e. The number of rotatable bonds is 7. The Bertz CT molecular complexity index is 338. The molecule has 0 N–H and O–H groups in total. The van der Waals surface area contributed by atoms with Gasteiger partial charge in [-0.25, -0.2) is 0 Å². The summed E-state index contributed by atoms with van der Waals surface area (Å²) < 4.78 is 5.12. The number of hydrogen-bond acceptors (Lipinski definition) is 2. The van der Waals surface area contributed by atoms with Gasteiger partial charge in [-0.15, -0.1) is 0 Å². The molecule has 0 bridgehead atoms. The highest BCUT2D eigenvalue weighted by atomic mass is 16.5.